The van der Waals surface area contributed by atoms with E-state index in [-0.39, 0.29) is 5.69 Å². The molecule has 5 nitrogen and oxygen atoms in total. The van der Waals surface area contributed by atoms with Crippen LogP contribution in [0.15, 0.2) is 48.7 Å². The van der Waals surface area contributed by atoms with Crippen LogP contribution in [0.2, 0.25) is 0 Å². The van der Waals surface area contributed by atoms with Crippen molar-refractivity contribution < 1.29 is 27.1 Å². The zero-order chi connectivity index (χ0) is 21.9. The third-order valence-corrected chi connectivity index (χ3v) is 4.21. The number of aryl methyl sites for hydroxylation is 1. The predicted molar refractivity (Wildman–Crippen MR) is 103 cm³/mol. The molecule has 0 fully saturated rings. The van der Waals surface area contributed by atoms with Gasteiger partial charge in [0, 0.05) is 0 Å². The van der Waals surface area contributed by atoms with Crippen LogP contribution in [0.5, 0.6) is 5.75 Å². The Morgan fingerprint density at radius 1 is 1.20 bits per heavy atom. The fourth-order valence-corrected chi connectivity index (χ4v) is 2.85. The summed E-state index contributed by atoms with van der Waals surface area (Å²) < 4.78 is 61.3. The largest absolute Gasteiger partial charge is 0.491 e. The van der Waals surface area contributed by atoms with Gasteiger partial charge < -0.3 is 10.1 Å². The SMILES string of the molecule is CCCOc1cc(C)ccc1NC(=O)c1cnn(-c2ccccc2F)c1C(F)(F)F. The monoisotopic (exact) mass is 421 g/mol. The topological polar surface area (TPSA) is 56.1 Å². The highest BCUT2D eigenvalue weighted by atomic mass is 19.4. The van der Waals surface area contributed by atoms with Crippen LogP contribution in [-0.2, 0) is 6.18 Å². The molecule has 0 radical (unpaired) electrons. The van der Waals surface area contributed by atoms with Crippen LogP contribution in [0.25, 0.3) is 5.69 Å². The van der Waals surface area contributed by atoms with E-state index in [9.17, 15) is 22.4 Å². The molecule has 9 heteroatoms. The summed E-state index contributed by atoms with van der Waals surface area (Å²) >= 11 is 0. The number of amides is 1. The second-order valence-corrected chi connectivity index (χ2v) is 6.57. The Kier molecular flexibility index (Phi) is 6.09. The lowest BCUT2D eigenvalue weighted by Gasteiger charge is -2.15. The number of carbonyl (C=O) groups is 1. The van der Waals surface area contributed by atoms with Crippen molar-refractivity contribution in [1.82, 2.24) is 9.78 Å². The molecule has 0 spiro atoms. The van der Waals surface area contributed by atoms with E-state index in [4.69, 9.17) is 4.74 Å². The Hall–Kier alpha value is -3.36. The van der Waals surface area contributed by atoms with Gasteiger partial charge in [0.25, 0.3) is 5.91 Å². The van der Waals surface area contributed by atoms with Crippen molar-refractivity contribution in [2.75, 3.05) is 11.9 Å². The van der Waals surface area contributed by atoms with Crippen molar-refractivity contribution >= 4 is 11.6 Å². The summed E-state index contributed by atoms with van der Waals surface area (Å²) in [6, 6.07) is 9.81. The van der Waals surface area contributed by atoms with Gasteiger partial charge in [-0.1, -0.05) is 25.1 Å². The van der Waals surface area contributed by atoms with Crippen molar-refractivity contribution in [3.8, 4) is 11.4 Å². The number of ether oxygens (including phenoxy) is 1. The van der Waals surface area contributed by atoms with E-state index in [1.165, 1.54) is 12.1 Å². The Labute approximate surface area is 170 Å². The van der Waals surface area contributed by atoms with Crippen LogP contribution in [0.4, 0.5) is 23.2 Å². The standard InChI is InChI=1S/C21H19F4N3O2/c1-3-10-30-18-11-13(2)8-9-16(18)27-20(29)14-12-26-28(19(14)21(23,24)25)17-7-5-4-6-15(17)22/h4-9,11-12H,3,10H2,1-2H3,(H,27,29). The zero-order valence-corrected chi connectivity index (χ0v) is 16.3. The smallest absolute Gasteiger partial charge is 0.434 e. The molecule has 0 aliphatic rings. The first-order chi connectivity index (χ1) is 14.2. The lowest BCUT2D eigenvalue weighted by Crippen LogP contribution is -2.21. The highest BCUT2D eigenvalue weighted by molar-refractivity contribution is 6.06. The van der Waals surface area contributed by atoms with E-state index in [1.807, 2.05) is 13.8 Å². The van der Waals surface area contributed by atoms with Gasteiger partial charge >= 0.3 is 6.18 Å². The van der Waals surface area contributed by atoms with Crippen molar-refractivity contribution in [2.45, 2.75) is 26.4 Å². The van der Waals surface area contributed by atoms with E-state index in [0.717, 1.165) is 30.3 Å². The number of aromatic nitrogens is 2. The van der Waals surface area contributed by atoms with E-state index in [1.54, 1.807) is 18.2 Å². The summed E-state index contributed by atoms with van der Waals surface area (Å²) in [5.74, 6) is -1.58. The van der Waals surface area contributed by atoms with Crippen LogP contribution in [0.3, 0.4) is 0 Å². The fourth-order valence-electron chi connectivity index (χ4n) is 2.85. The number of benzene rings is 2. The minimum atomic E-state index is -4.94. The van der Waals surface area contributed by atoms with Gasteiger partial charge in [-0.05, 0) is 43.2 Å². The summed E-state index contributed by atoms with van der Waals surface area (Å²) in [7, 11) is 0. The maximum absolute atomic E-state index is 14.1. The number of hydrogen-bond acceptors (Lipinski definition) is 3. The van der Waals surface area contributed by atoms with E-state index in [2.05, 4.69) is 10.4 Å². The van der Waals surface area contributed by atoms with Crippen molar-refractivity contribution in [3.05, 3.63) is 71.3 Å². The summed E-state index contributed by atoms with van der Waals surface area (Å²) in [4.78, 5) is 12.7. The molecular weight excluding hydrogens is 402 g/mol. The summed E-state index contributed by atoms with van der Waals surface area (Å²) in [6.07, 6.45) is -3.46. The molecule has 0 saturated heterocycles. The molecule has 0 saturated carbocycles. The predicted octanol–water partition coefficient (Wildman–Crippen LogP) is 5.38. The molecule has 0 atom stereocenters. The van der Waals surface area contributed by atoms with Crippen LogP contribution in [-0.4, -0.2) is 22.3 Å². The molecule has 158 valence electrons. The van der Waals surface area contributed by atoms with Gasteiger partial charge in [-0.15, -0.1) is 0 Å². The van der Waals surface area contributed by atoms with Crippen LogP contribution in [0, 0.1) is 12.7 Å². The zero-order valence-electron chi connectivity index (χ0n) is 16.3. The van der Waals surface area contributed by atoms with E-state index < -0.39 is 34.8 Å². The Bertz CT molecular complexity index is 1060. The highest BCUT2D eigenvalue weighted by Gasteiger charge is 2.41. The summed E-state index contributed by atoms with van der Waals surface area (Å²) in [6.45, 7) is 4.11. The maximum atomic E-state index is 14.1. The van der Waals surface area contributed by atoms with Crippen molar-refractivity contribution in [2.24, 2.45) is 0 Å². The van der Waals surface area contributed by atoms with Crippen molar-refractivity contribution in [3.63, 3.8) is 0 Å². The number of rotatable bonds is 6. The maximum Gasteiger partial charge on any atom is 0.434 e. The lowest BCUT2D eigenvalue weighted by molar-refractivity contribution is -0.143. The van der Waals surface area contributed by atoms with Gasteiger partial charge in [-0.3, -0.25) is 4.79 Å². The molecule has 3 rings (SSSR count). The average Bonchev–Trinajstić information content (AvgIpc) is 3.14. The Morgan fingerprint density at radius 2 is 1.93 bits per heavy atom. The van der Waals surface area contributed by atoms with E-state index in [0.29, 0.717) is 17.0 Å². The first-order valence-corrected chi connectivity index (χ1v) is 9.17. The minimum absolute atomic E-state index is 0.228. The third kappa shape index (κ3) is 4.45. The van der Waals surface area contributed by atoms with Gasteiger partial charge in [0.1, 0.15) is 17.3 Å². The minimum Gasteiger partial charge on any atom is -0.491 e. The van der Waals surface area contributed by atoms with E-state index >= 15 is 0 Å². The molecule has 0 bridgehead atoms. The van der Waals surface area contributed by atoms with Gasteiger partial charge in [0.15, 0.2) is 5.69 Å². The molecule has 3 aromatic rings. The lowest BCUT2D eigenvalue weighted by atomic mass is 10.1. The molecule has 30 heavy (non-hydrogen) atoms. The van der Waals surface area contributed by atoms with Gasteiger partial charge in [-0.25, -0.2) is 9.07 Å². The molecular formula is C21H19F4N3O2. The molecule has 0 unspecified atom stereocenters. The van der Waals surface area contributed by atoms with Gasteiger partial charge in [-0.2, -0.15) is 18.3 Å². The molecule has 0 aliphatic heterocycles. The molecule has 1 aromatic heterocycles. The average molecular weight is 421 g/mol. The van der Waals surface area contributed by atoms with Crippen LogP contribution in [0.1, 0.15) is 35.0 Å². The number of hydrogen-bond donors (Lipinski definition) is 1. The Balaban J connectivity index is 2.01. The number of alkyl halides is 3. The Morgan fingerprint density at radius 3 is 2.60 bits per heavy atom. The second kappa shape index (κ2) is 8.56. The number of nitrogens with zero attached hydrogens (tertiary/aromatic N) is 2. The highest BCUT2D eigenvalue weighted by Crippen LogP contribution is 2.35. The van der Waals surface area contributed by atoms with Crippen LogP contribution < -0.4 is 10.1 Å². The van der Waals surface area contributed by atoms with Gasteiger partial charge in [0.05, 0.1) is 24.1 Å². The molecule has 0 aliphatic carbocycles. The summed E-state index contributed by atoms with van der Waals surface area (Å²) in [5, 5.41) is 6.07. The number of para-hydroxylation sites is 1. The number of nitrogens with one attached hydrogen (secondary N) is 1. The van der Waals surface area contributed by atoms with Gasteiger partial charge in [0.2, 0.25) is 0 Å². The first-order valence-electron chi connectivity index (χ1n) is 9.17. The second-order valence-electron chi connectivity index (χ2n) is 6.57. The number of carbonyl (C=O) groups excluding carboxylic acids is 1. The summed E-state index contributed by atoms with van der Waals surface area (Å²) in [5.41, 5.74) is -1.42. The fraction of sp³-hybridized carbons (Fsp3) is 0.238. The quantitative estimate of drug-likeness (QED) is 0.544. The molecule has 1 N–H and O–H groups in total. The molecule has 1 amide bonds. The number of anilines is 1. The normalized spacial score (nSPS) is 11.4. The number of halogens is 4. The third-order valence-electron chi connectivity index (χ3n) is 4.21. The molecule has 2 aromatic carbocycles. The van der Waals surface area contributed by atoms with Crippen LogP contribution >= 0.6 is 0 Å². The molecule has 1 heterocycles. The van der Waals surface area contributed by atoms with Crippen molar-refractivity contribution in [1.29, 1.82) is 0 Å². The first kappa shape index (κ1) is 21.4.